The van der Waals surface area contributed by atoms with Crippen LogP contribution in [0.5, 0.6) is 17.2 Å². The monoisotopic (exact) mass is 341 g/mol. The van der Waals surface area contributed by atoms with Gasteiger partial charge < -0.3 is 14.2 Å². The second-order valence-electron chi connectivity index (χ2n) is 5.16. The Morgan fingerprint density at radius 1 is 1.04 bits per heavy atom. The molecule has 3 aromatic rings. The molecular weight excluding hydrogens is 326 g/mol. The van der Waals surface area contributed by atoms with Crippen molar-refractivity contribution < 1.29 is 14.2 Å². The summed E-state index contributed by atoms with van der Waals surface area (Å²) in [5, 5.41) is 11.3. The van der Waals surface area contributed by atoms with Crippen LogP contribution in [0.4, 0.5) is 0 Å². The van der Waals surface area contributed by atoms with Crippen LogP contribution in [0, 0.1) is 0 Å². The predicted octanol–water partition coefficient (Wildman–Crippen LogP) is 3.60. The first-order chi connectivity index (χ1) is 11.8. The van der Waals surface area contributed by atoms with Gasteiger partial charge in [0.05, 0.1) is 7.11 Å². The van der Waals surface area contributed by atoms with Gasteiger partial charge in [-0.3, -0.25) is 0 Å². The molecule has 2 heterocycles. The number of hydrogen-bond acceptors (Lipinski definition) is 6. The molecule has 7 heteroatoms. The van der Waals surface area contributed by atoms with Gasteiger partial charge in [0.1, 0.15) is 11.4 Å². The predicted molar refractivity (Wildman–Crippen MR) is 91.7 cm³/mol. The number of nitrogens with one attached hydrogen (secondary N) is 1. The zero-order chi connectivity index (χ0) is 16.5. The molecule has 0 radical (unpaired) electrons. The molecule has 6 nitrogen and oxygen atoms in total. The highest BCUT2D eigenvalue weighted by molar-refractivity contribution is 7.98. The minimum atomic E-state index is 0.191. The number of aromatic amines is 1. The molecule has 1 aliphatic heterocycles. The molecule has 0 bridgehead atoms. The molecule has 0 saturated heterocycles. The molecular formula is C17H15N3O3S. The lowest BCUT2D eigenvalue weighted by Gasteiger charge is -2.08. The zero-order valence-electron chi connectivity index (χ0n) is 13.2. The lowest BCUT2D eigenvalue weighted by molar-refractivity contribution is 0.171. The number of methoxy groups -OCH3 is 1. The van der Waals surface area contributed by atoms with Gasteiger partial charge in [-0.1, -0.05) is 12.1 Å². The maximum atomic E-state index is 5.49. The first kappa shape index (κ1) is 14.9. The van der Waals surface area contributed by atoms with Crippen LogP contribution in [-0.2, 0) is 0 Å². The van der Waals surface area contributed by atoms with E-state index >= 15 is 0 Å². The van der Waals surface area contributed by atoms with Gasteiger partial charge in [0.15, 0.2) is 11.5 Å². The molecule has 0 amide bonds. The van der Waals surface area contributed by atoms with E-state index in [1.54, 1.807) is 18.9 Å². The van der Waals surface area contributed by atoms with E-state index < -0.39 is 0 Å². The van der Waals surface area contributed by atoms with Crippen LogP contribution in [0.2, 0.25) is 0 Å². The van der Waals surface area contributed by atoms with Crippen LogP contribution in [0.25, 0.3) is 22.5 Å². The van der Waals surface area contributed by atoms with Gasteiger partial charge in [-0.15, -0.1) is 11.8 Å². The number of H-pyrrole nitrogens is 1. The number of aromatic nitrogens is 3. The summed E-state index contributed by atoms with van der Waals surface area (Å²) in [4.78, 5) is 1.20. The fourth-order valence-corrected chi connectivity index (χ4v) is 3.06. The smallest absolute Gasteiger partial charge is 0.231 e. The van der Waals surface area contributed by atoms with Crippen LogP contribution >= 0.6 is 11.8 Å². The maximum absolute atomic E-state index is 5.49. The maximum Gasteiger partial charge on any atom is 0.231 e. The van der Waals surface area contributed by atoms with Crippen molar-refractivity contribution >= 4 is 11.8 Å². The Kier molecular flexibility index (Phi) is 3.78. The van der Waals surface area contributed by atoms with E-state index in [-0.39, 0.29) is 6.79 Å². The Labute approximate surface area is 143 Å². The SMILES string of the molecule is COc1cc(-c2n[nH]nc2-c2ccc(SC)cc2)cc2c1OCO2. The third-order valence-corrected chi connectivity index (χ3v) is 4.59. The molecule has 0 aliphatic carbocycles. The van der Waals surface area contributed by atoms with Gasteiger partial charge >= 0.3 is 0 Å². The molecule has 0 unspecified atom stereocenters. The van der Waals surface area contributed by atoms with E-state index in [2.05, 4.69) is 33.8 Å². The van der Waals surface area contributed by atoms with Crippen LogP contribution in [-0.4, -0.2) is 35.6 Å². The molecule has 0 fully saturated rings. The number of rotatable bonds is 4. The third-order valence-electron chi connectivity index (χ3n) is 3.84. The van der Waals surface area contributed by atoms with Crippen LogP contribution in [0.15, 0.2) is 41.3 Å². The van der Waals surface area contributed by atoms with Crippen LogP contribution < -0.4 is 14.2 Å². The average molecular weight is 341 g/mol. The number of ether oxygens (including phenoxy) is 3. The summed E-state index contributed by atoms with van der Waals surface area (Å²) >= 11 is 1.70. The van der Waals surface area contributed by atoms with Crippen molar-refractivity contribution in [3.05, 3.63) is 36.4 Å². The fraction of sp³-hybridized carbons (Fsp3) is 0.176. The lowest BCUT2D eigenvalue weighted by atomic mass is 10.0. The number of fused-ring (bicyclic) bond motifs is 1. The van der Waals surface area contributed by atoms with E-state index in [0.29, 0.717) is 17.2 Å². The Morgan fingerprint density at radius 2 is 1.79 bits per heavy atom. The summed E-state index contributed by atoms with van der Waals surface area (Å²) in [5.41, 5.74) is 3.37. The largest absolute Gasteiger partial charge is 0.493 e. The molecule has 0 atom stereocenters. The Hall–Kier alpha value is -2.67. The summed E-state index contributed by atoms with van der Waals surface area (Å²) in [6.07, 6.45) is 2.05. The summed E-state index contributed by atoms with van der Waals surface area (Å²) in [5.74, 6) is 1.89. The van der Waals surface area contributed by atoms with Gasteiger partial charge in [-0.05, 0) is 30.5 Å². The lowest BCUT2D eigenvalue weighted by Crippen LogP contribution is -1.93. The van der Waals surface area contributed by atoms with Gasteiger partial charge in [-0.2, -0.15) is 15.4 Å². The molecule has 122 valence electrons. The first-order valence-electron chi connectivity index (χ1n) is 7.33. The topological polar surface area (TPSA) is 69.3 Å². The van der Waals surface area contributed by atoms with Crippen molar-refractivity contribution in [1.82, 2.24) is 15.4 Å². The van der Waals surface area contributed by atoms with Gasteiger partial charge in [0, 0.05) is 16.0 Å². The molecule has 0 saturated carbocycles. The van der Waals surface area contributed by atoms with E-state index in [0.717, 1.165) is 22.5 Å². The van der Waals surface area contributed by atoms with Crippen LogP contribution in [0.1, 0.15) is 0 Å². The van der Waals surface area contributed by atoms with Crippen LogP contribution in [0.3, 0.4) is 0 Å². The summed E-state index contributed by atoms with van der Waals surface area (Å²) in [6, 6.07) is 12.0. The van der Waals surface area contributed by atoms with E-state index in [1.807, 2.05) is 24.3 Å². The molecule has 1 aromatic heterocycles. The van der Waals surface area contributed by atoms with Crippen molar-refractivity contribution in [2.24, 2.45) is 0 Å². The number of nitrogens with zero attached hydrogens (tertiary/aromatic N) is 2. The quantitative estimate of drug-likeness (QED) is 0.731. The highest BCUT2D eigenvalue weighted by atomic mass is 32.2. The minimum Gasteiger partial charge on any atom is -0.493 e. The van der Waals surface area contributed by atoms with Gasteiger partial charge in [0.2, 0.25) is 12.5 Å². The van der Waals surface area contributed by atoms with Crippen molar-refractivity contribution in [1.29, 1.82) is 0 Å². The second-order valence-corrected chi connectivity index (χ2v) is 6.04. The standard InChI is InChI=1S/C17H15N3O3S/c1-21-13-7-11(8-14-17(13)23-9-22-14)16-15(18-20-19-16)10-3-5-12(24-2)6-4-10/h3-8H,9H2,1-2H3,(H,18,19,20). The molecule has 2 aromatic carbocycles. The zero-order valence-corrected chi connectivity index (χ0v) is 14.0. The van der Waals surface area contributed by atoms with Gasteiger partial charge in [-0.25, -0.2) is 0 Å². The fourth-order valence-electron chi connectivity index (χ4n) is 2.65. The second kappa shape index (κ2) is 6.09. The molecule has 0 spiro atoms. The van der Waals surface area contributed by atoms with Crippen molar-refractivity contribution in [3.63, 3.8) is 0 Å². The average Bonchev–Trinajstić information content (AvgIpc) is 3.29. The Balaban J connectivity index is 1.80. The van der Waals surface area contributed by atoms with Gasteiger partial charge in [0.25, 0.3) is 0 Å². The highest BCUT2D eigenvalue weighted by Gasteiger charge is 2.23. The van der Waals surface area contributed by atoms with Crippen molar-refractivity contribution in [3.8, 4) is 39.8 Å². The van der Waals surface area contributed by atoms with Crippen molar-refractivity contribution in [2.45, 2.75) is 4.90 Å². The summed E-state index contributed by atoms with van der Waals surface area (Å²) < 4.78 is 16.3. The van der Waals surface area contributed by atoms with E-state index in [1.165, 1.54) is 4.90 Å². The number of thioether (sulfide) groups is 1. The Bertz CT molecular complexity index is 877. The first-order valence-corrected chi connectivity index (χ1v) is 8.56. The number of hydrogen-bond donors (Lipinski definition) is 1. The van der Waals surface area contributed by atoms with Crippen molar-refractivity contribution in [2.75, 3.05) is 20.2 Å². The normalized spacial score (nSPS) is 12.4. The molecule has 1 N–H and O–H groups in total. The Morgan fingerprint density at radius 3 is 2.50 bits per heavy atom. The summed E-state index contributed by atoms with van der Waals surface area (Å²) in [7, 11) is 1.60. The molecule has 24 heavy (non-hydrogen) atoms. The van der Waals surface area contributed by atoms with E-state index in [9.17, 15) is 0 Å². The molecule has 1 aliphatic rings. The molecule has 4 rings (SSSR count). The summed E-state index contributed by atoms with van der Waals surface area (Å²) in [6.45, 7) is 0.191. The minimum absolute atomic E-state index is 0.191. The highest BCUT2D eigenvalue weighted by Crippen LogP contribution is 2.45. The number of benzene rings is 2. The van der Waals surface area contributed by atoms with E-state index in [4.69, 9.17) is 14.2 Å². The third kappa shape index (κ3) is 2.46.